The molecule has 128 valence electrons. The second-order valence-corrected chi connectivity index (χ2v) is 7.45. The van der Waals surface area contributed by atoms with E-state index < -0.39 is 38.2 Å². The first kappa shape index (κ1) is 16.7. The zero-order valence-electron chi connectivity index (χ0n) is 12.2. The Morgan fingerprint density at radius 2 is 1.61 bits per heavy atom. The van der Waals surface area contributed by atoms with Crippen LogP contribution in [0.25, 0.3) is 0 Å². The van der Waals surface area contributed by atoms with E-state index in [9.17, 15) is 21.6 Å². The zero-order chi connectivity index (χ0) is 16.7. The molecule has 0 aromatic heterocycles. The molecule has 0 saturated carbocycles. The second kappa shape index (κ2) is 6.04. The predicted molar refractivity (Wildman–Crippen MR) is 73.6 cm³/mol. The molecule has 5 nitrogen and oxygen atoms in total. The van der Waals surface area contributed by atoms with Gasteiger partial charge in [0.1, 0.15) is 4.90 Å². The van der Waals surface area contributed by atoms with Crippen LogP contribution in [0.15, 0.2) is 17.0 Å². The molecular formula is C14H16F3NO4S. The first-order valence-corrected chi connectivity index (χ1v) is 8.71. The van der Waals surface area contributed by atoms with Crippen molar-refractivity contribution in [2.45, 2.75) is 29.9 Å². The highest BCUT2D eigenvalue weighted by Gasteiger charge is 2.42. The van der Waals surface area contributed by atoms with Gasteiger partial charge in [0.2, 0.25) is 10.0 Å². The minimum Gasteiger partial charge on any atom is -0.350 e. The summed E-state index contributed by atoms with van der Waals surface area (Å²) in [6, 6.07) is 1.34. The van der Waals surface area contributed by atoms with Gasteiger partial charge in [-0.05, 0) is 18.6 Å². The number of benzene rings is 1. The standard InChI is InChI=1S/C14H16F3NO4S/c15-10-2-3-11(13(17)12(10)16)23(19,20)18-6-4-14(5-7-18)21-8-1-9-22-14/h2-3H,1,4-9H2. The van der Waals surface area contributed by atoms with Gasteiger partial charge in [-0.15, -0.1) is 0 Å². The summed E-state index contributed by atoms with van der Waals surface area (Å²) in [5, 5.41) is 0. The van der Waals surface area contributed by atoms with Crippen molar-refractivity contribution < 1.29 is 31.1 Å². The molecular weight excluding hydrogens is 335 g/mol. The van der Waals surface area contributed by atoms with Crippen LogP contribution >= 0.6 is 0 Å². The molecule has 2 saturated heterocycles. The van der Waals surface area contributed by atoms with Gasteiger partial charge in [0.25, 0.3) is 0 Å². The molecule has 0 N–H and O–H groups in total. The lowest BCUT2D eigenvalue weighted by molar-refractivity contribution is -0.280. The van der Waals surface area contributed by atoms with E-state index in [2.05, 4.69) is 0 Å². The maximum atomic E-state index is 13.8. The van der Waals surface area contributed by atoms with Crippen LogP contribution in [0.5, 0.6) is 0 Å². The van der Waals surface area contributed by atoms with Gasteiger partial charge in [-0.1, -0.05) is 0 Å². The quantitative estimate of drug-likeness (QED) is 0.765. The molecule has 1 aromatic rings. The molecule has 23 heavy (non-hydrogen) atoms. The minimum absolute atomic E-state index is 0.0563. The zero-order valence-corrected chi connectivity index (χ0v) is 13.0. The lowest BCUT2D eigenvalue weighted by Gasteiger charge is -2.42. The van der Waals surface area contributed by atoms with Crippen molar-refractivity contribution in [3.8, 4) is 0 Å². The third kappa shape index (κ3) is 2.98. The largest absolute Gasteiger partial charge is 0.350 e. The van der Waals surface area contributed by atoms with Gasteiger partial charge in [-0.25, -0.2) is 21.6 Å². The van der Waals surface area contributed by atoms with Crippen molar-refractivity contribution >= 4 is 10.0 Å². The average molecular weight is 351 g/mol. The van der Waals surface area contributed by atoms with Crippen LogP contribution in [0, 0.1) is 17.5 Å². The molecule has 0 aliphatic carbocycles. The number of sulfonamides is 1. The van der Waals surface area contributed by atoms with Crippen LogP contribution in [0.4, 0.5) is 13.2 Å². The molecule has 0 atom stereocenters. The van der Waals surface area contributed by atoms with Crippen molar-refractivity contribution in [1.29, 1.82) is 0 Å². The molecule has 1 spiro atoms. The van der Waals surface area contributed by atoms with E-state index in [1.165, 1.54) is 0 Å². The highest BCUT2D eigenvalue weighted by molar-refractivity contribution is 7.89. The number of hydrogen-bond acceptors (Lipinski definition) is 4. The molecule has 1 aromatic carbocycles. The Kier molecular flexibility index (Phi) is 4.39. The van der Waals surface area contributed by atoms with Gasteiger partial charge in [-0.2, -0.15) is 4.31 Å². The summed E-state index contributed by atoms with van der Waals surface area (Å²) < 4.78 is 77.2. The molecule has 2 heterocycles. The number of hydrogen-bond donors (Lipinski definition) is 0. The highest BCUT2D eigenvalue weighted by Crippen LogP contribution is 2.33. The van der Waals surface area contributed by atoms with Crippen LogP contribution < -0.4 is 0 Å². The van der Waals surface area contributed by atoms with Gasteiger partial charge in [0.05, 0.1) is 13.2 Å². The Bertz CT molecular complexity index is 694. The van der Waals surface area contributed by atoms with Crippen LogP contribution in [0.2, 0.25) is 0 Å². The Labute approximate surface area is 132 Å². The van der Waals surface area contributed by atoms with Crippen LogP contribution in [-0.4, -0.2) is 44.8 Å². The number of ether oxygens (including phenoxy) is 2. The fraction of sp³-hybridized carbons (Fsp3) is 0.571. The van der Waals surface area contributed by atoms with Crippen molar-refractivity contribution in [2.24, 2.45) is 0 Å². The van der Waals surface area contributed by atoms with Gasteiger partial charge in [-0.3, -0.25) is 0 Å². The third-order valence-corrected chi connectivity index (χ3v) is 6.04. The summed E-state index contributed by atoms with van der Waals surface area (Å²) in [6.07, 6.45) is 1.39. The maximum Gasteiger partial charge on any atom is 0.246 e. The van der Waals surface area contributed by atoms with E-state index in [1.54, 1.807) is 0 Å². The summed E-state index contributed by atoms with van der Waals surface area (Å²) in [7, 11) is -4.25. The van der Waals surface area contributed by atoms with E-state index in [4.69, 9.17) is 9.47 Å². The monoisotopic (exact) mass is 351 g/mol. The predicted octanol–water partition coefficient (Wildman–Crippen LogP) is 2.02. The number of nitrogens with zero attached hydrogens (tertiary/aromatic N) is 1. The fourth-order valence-electron chi connectivity index (χ4n) is 2.82. The highest BCUT2D eigenvalue weighted by atomic mass is 32.2. The molecule has 9 heteroatoms. The molecule has 3 rings (SSSR count). The Morgan fingerprint density at radius 3 is 2.22 bits per heavy atom. The Morgan fingerprint density at radius 1 is 1.00 bits per heavy atom. The number of halogens is 3. The first-order valence-electron chi connectivity index (χ1n) is 7.27. The molecule has 0 amide bonds. The van der Waals surface area contributed by atoms with Gasteiger partial charge in [0.15, 0.2) is 23.2 Å². The van der Waals surface area contributed by atoms with E-state index in [0.29, 0.717) is 32.1 Å². The SMILES string of the molecule is O=S(=O)(c1ccc(F)c(F)c1F)N1CCC2(CC1)OCCCO2. The smallest absolute Gasteiger partial charge is 0.246 e. The van der Waals surface area contributed by atoms with Gasteiger partial charge < -0.3 is 9.47 Å². The summed E-state index contributed by atoms with van der Waals surface area (Å²) in [5.74, 6) is -5.71. The summed E-state index contributed by atoms with van der Waals surface area (Å²) >= 11 is 0. The molecule has 0 bridgehead atoms. The Balaban J connectivity index is 1.81. The van der Waals surface area contributed by atoms with Crippen LogP contribution in [0.1, 0.15) is 19.3 Å². The molecule has 2 aliphatic heterocycles. The second-order valence-electron chi connectivity index (χ2n) is 5.54. The number of piperidine rings is 1. The van der Waals surface area contributed by atoms with Crippen molar-refractivity contribution in [3.63, 3.8) is 0 Å². The lowest BCUT2D eigenvalue weighted by atomic mass is 10.0. The molecule has 2 aliphatic rings. The minimum atomic E-state index is -4.25. The lowest BCUT2D eigenvalue weighted by Crippen LogP contribution is -2.51. The van der Waals surface area contributed by atoms with Crippen LogP contribution in [-0.2, 0) is 19.5 Å². The summed E-state index contributed by atoms with van der Waals surface area (Å²) in [4.78, 5) is -0.863. The van der Waals surface area contributed by atoms with E-state index in [-0.39, 0.29) is 13.1 Å². The topological polar surface area (TPSA) is 55.8 Å². The van der Waals surface area contributed by atoms with Gasteiger partial charge in [0, 0.05) is 25.9 Å². The van der Waals surface area contributed by atoms with Crippen LogP contribution in [0.3, 0.4) is 0 Å². The fourth-order valence-corrected chi connectivity index (χ4v) is 4.32. The Hall–Kier alpha value is -1.16. The van der Waals surface area contributed by atoms with Crippen molar-refractivity contribution in [2.75, 3.05) is 26.3 Å². The normalized spacial score (nSPS) is 22.4. The molecule has 2 fully saturated rings. The van der Waals surface area contributed by atoms with Gasteiger partial charge >= 0.3 is 0 Å². The summed E-state index contributed by atoms with van der Waals surface area (Å²) in [5.41, 5.74) is 0. The van der Waals surface area contributed by atoms with Crippen molar-refractivity contribution in [1.82, 2.24) is 4.31 Å². The summed E-state index contributed by atoms with van der Waals surface area (Å²) in [6.45, 7) is 1.21. The molecule has 0 radical (unpaired) electrons. The van der Waals surface area contributed by atoms with E-state index >= 15 is 0 Å². The van der Waals surface area contributed by atoms with E-state index in [1.807, 2.05) is 0 Å². The third-order valence-electron chi connectivity index (χ3n) is 4.12. The average Bonchev–Trinajstić information content (AvgIpc) is 2.53. The molecule has 0 unspecified atom stereocenters. The van der Waals surface area contributed by atoms with Crippen molar-refractivity contribution in [3.05, 3.63) is 29.6 Å². The first-order chi connectivity index (χ1) is 10.9. The number of rotatable bonds is 2. The maximum absolute atomic E-state index is 13.8. The van der Waals surface area contributed by atoms with E-state index in [0.717, 1.165) is 16.8 Å².